The summed E-state index contributed by atoms with van der Waals surface area (Å²) in [7, 11) is 0. The van der Waals surface area contributed by atoms with Crippen molar-refractivity contribution in [2.45, 2.75) is 25.9 Å². The average molecular weight is 336 g/mol. The van der Waals surface area contributed by atoms with Gasteiger partial charge in [0.2, 0.25) is 0 Å². The van der Waals surface area contributed by atoms with Crippen LogP contribution in [0.3, 0.4) is 0 Å². The van der Waals surface area contributed by atoms with Gasteiger partial charge in [0, 0.05) is 19.0 Å². The Morgan fingerprint density at radius 2 is 2.42 bits per heavy atom. The van der Waals surface area contributed by atoms with Crippen molar-refractivity contribution in [1.29, 1.82) is 0 Å². The number of nitrogens with one attached hydrogen (secondary N) is 2. The topological polar surface area (TPSA) is 107 Å². The van der Waals surface area contributed by atoms with Crippen LogP contribution in [0.5, 0.6) is 0 Å². The minimum atomic E-state index is -0.550. The van der Waals surface area contributed by atoms with Crippen molar-refractivity contribution in [3.8, 4) is 0 Å². The lowest BCUT2D eigenvalue weighted by molar-refractivity contribution is -0.121. The Bertz CT molecular complexity index is 717. The monoisotopic (exact) mass is 336 g/mol. The third-order valence-corrected chi connectivity index (χ3v) is 3.65. The number of esters is 1. The summed E-state index contributed by atoms with van der Waals surface area (Å²) in [6.07, 6.45) is 5.21. The van der Waals surface area contributed by atoms with Crippen LogP contribution in [0, 0.1) is 0 Å². The quantitative estimate of drug-likeness (QED) is 0.730. The normalized spacial score (nSPS) is 17.3. The van der Waals surface area contributed by atoms with E-state index in [0.717, 1.165) is 19.4 Å². The van der Waals surface area contributed by atoms with Crippen LogP contribution in [0.4, 0.5) is 5.82 Å². The first-order chi connectivity index (χ1) is 11.7. The molecule has 1 fully saturated rings. The van der Waals surface area contributed by atoms with Crippen molar-refractivity contribution in [1.82, 2.24) is 14.6 Å². The molecular formula is C15H20N4O5. The zero-order valence-corrected chi connectivity index (χ0v) is 13.4. The lowest BCUT2D eigenvalue weighted by Crippen LogP contribution is -2.23. The summed E-state index contributed by atoms with van der Waals surface area (Å²) in [5.74, 6) is -0.684. The van der Waals surface area contributed by atoms with Crippen LogP contribution < -0.4 is 5.32 Å². The largest absolute Gasteiger partial charge is 0.462 e. The summed E-state index contributed by atoms with van der Waals surface area (Å²) in [6, 6.07) is 0. The Morgan fingerprint density at radius 1 is 1.54 bits per heavy atom. The predicted octanol–water partition coefficient (Wildman–Crippen LogP) is 0.973. The van der Waals surface area contributed by atoms with Crippen molar-refractivity contribution < 1.29 is 23.8 Å². The SMILES string of the molecule is CCOC(=O)c1c(NC(=O)COC[C@H]2CCCO2)[nH]n2ccnc12. The summed E-state index contributed by atoms with van der Waals surface area (Å²) in [4.78, 5) is 28.2. The number of hydrogen-bond acceptors (Lipinski definition) is 6. The van der Waals surface area contributed by atoms with E-state index in [9.17, 15) is 9.59 Å². The second-order valence-corrected chi connectivity index (χ2v) is 5.40. The Balaban J connectivity index is 1.63. The van der Waals surface area contributed by atoms with E-state index in [0.29, 0.717) is 12.3 Å². The fraction of sp³-hybridized carbons (Fsp3) is 0.533. The predicted molar refractivity (Wildman–Crippen MR) is 83.9 cm³/mol. The highest BCUT2D eigenvalue weighted by molar-refractivity contribution is 6.05. The Kier molecular flexibility index (Phi) is 5.11. The molecule has 9 nitrogen and oxygen atoms in total. The van der Waals surface area contributed by atoms with Crippen molar-refractivity contribution in [2.24, 2.45) is 0 Å². The fourth-order valence-corrected chi connectivity index (χ4v) is 2.59. The molecular weight excluding hydrogens is 316 g/mol. The summed E-state index contributed by atoms with van der Waals surface area (Å²) in [5.41, 5.74) is 0.582. The highest BCUT2D eigenvalue weighted by atomic mass is 16.5. The average Bonchev–Trinajstić information content (AvgIpc) is 3.24. The number of nitrogens with zero attached hydrogens (tertiary/aromatic N) is 2. The van der Waals surface area contributed by atoms with Crippen LogP contribution >= 0.6 is 0 Å². The van der Waals surface area contributed by atoms with Crippen LogP contribution in [-0.2, 0) is 19.0 Å². The maximum absolute atomic E-state index is 12.1. The van der Waals surface area contributed by atoms with Gasteiger partial charge in [-0.25, -0.2) is 14.3 Å². The van der Waals surface area contributed by atoms with Gasteiger partial charge in [-0.15, -0.1) is 0 Å². The molecule has 1 atom stereocenters. The number of carbonyl (C=O) groups excluding carboxylic acids is 2. The van der Waals surface area contributed by atoms with Crippen LogP contribution in [0.2, 0.25) is 0 Å². The molecule has 0 bridgehead atoms. The molecule has 0 unspecified atom stereocenters. The van der Waals surface area contributed by atoms with Gasteiger partial charge in [0.15, 0.2) is 5.65 Å². The van der Waals surface area contributed by atoms with Gasteiger partial charge in [0.25, 0.3) is 5.91 Å². The molecule has 130 valence electrons. The number of aromatic nitrogens is 3. The molecule has 2 aromatic rings. The second-order valence-electron chi connectivity index (χ2n) is 5.40. The lowest BCUT2D eigenvalue weighted by Gasteiger charge is -2.10. The number of imidazole rings is 1. The van der Waals surface area contributed by atoms with Gasteiger partial charge in [-0.3, -0.25) is 9.89 Å². The van der Waals surface area contributed by atoms with Crippen molar-refractivity contribution in [3.05, 3.63) is 18.0 Å². The maximum Gasteiger partial charge on any atom is 0.345 e. The van der Waals surface area contributed by atoms with Gasteiger partial charge < -0.3 is 19.5 Å². The van der Waals surface area contributed by atoms with Crippen LogP contribution in [0.1, 0.15) is 30.1 Å². The summed E-state index contributed by atoms with van der Waals surface area (Å²) >= 11 is 0. The number of carbonyl (C=O) groups is 2. The molecule has 1 amide bonds. The molecule has 2 N–H and O–H groups in total. The van der Waals surface area contributed by atoms with E-state index in [1.54, 1.807) is 19.3 Å². The maximum atomic E-state index is 12.1. The van der Waals surface area contributed by atoms with Gasteiger partial charge in [0.05, 0.1) is 19.3 Å². The first-order valence-corrected chi connectivity index (χ1v) is 7.90. The first-order valence-electron chi connectivity index (χ1n) is 7.90. The molecule has 1 aliphatic heterocycles. The third-order valence-electron chi connectivity index (χ3n) is 3.65. The van der Waals surface area contributed by atoms with Crippen LogP contribution in [0.15, 0.2) is 12.4 Å². The number of H-pyrrole nitrogens is 1. The number of fused-ring (bicyclic) bond motifs is 1. The minimum absolute atomic E-state index is 0.0571. The molecule has 9 heteroatoms. The molecule has 0 aliphatic carbocycles. The van der Waals surface area contributed by atoms with Gasteiger partial charge >= 0.3 is 5.97 Å². The van der Waals surface area contributed by atoms with Crippen molar-refractivity contribution in [3.63, 3.8) is 0 Å². The number of aromatic amines is 1. The molecule has 1 aliphatic rings. The lowest BCUT2D eigenvalue weighted by atomic mass is 10.2. The highest BCUT2D eigenvalue weighted by Crippen LogP contribution is 2.20. The zero-order valence-electron chi connectivity index (χ0n) is 13.4. The van der Waals surface area contributed by atoms with Gasteiger partial charge in [-0.1, -0.05) is 0 Å². The fourth-order valence-electron chi connectivity index (χ4n) is 2.59. The smallest absolute Gasteiger partial charge is 0.345 e. The molecule has 0 aromatic carbocycles. The molecule has 3 heterocycles. The summed E-state index contributed by atoms with van der Waals surface area (Å²) < 4.78 is 17.3. The standard InChI is InChI=1S/C15H20N4O5/c1-2-23-15(21)12-13(18-19-6-5-16-14(12)19)17-11(20)9-22-8-10-4-3-7-24-10/h5-6,10,18H,2-4,7-9H2,1H3,(H,17,20)/t10-/m1/s1. The number of hydrogen-bond donors (Lipinski definition) is 2. The minimum Gasteiger partial charge on any atom is -0.462 e. The highest BCUT2D eigenvalue weighted by Gasteiger charge is 2.23. The van der Waals surface area contributed by atoms with Crippen LogP contribution in [-0.4, -0.2) is 59.0 Å². The number of amides is 1. The third kappa shape index (κ3) is 3.57. The van der Waals surface area contributed by atoms with E-state index in [4.69, 9.17) is 14.2 Å². The molecule has 0 radical (unpaired) electrons. The number of anilines is 1. The van der Waals surface area contributed by atoms with Gasteiger partial charge in [0.1, 0.15) is 18.0 Å². The molecule has 1 saturated heterocycles. The molecule has 0 saturated carbocycles. The van der Waals surface area contributed by atoms with Gasteiger partial charge in [-0.05, 0) is 19.8 Å². The van der Waals surface area contributed by atoms with E-state index in [2.05, 4.69) is 15.4 Å². The van der Waals surface area contributed by atoms with E-state index >= 15 is 0 Å². The number of rotatable bonds is 7. The molecule has 2 aromatic heterocycles. The van der Waals surface area contributed by atoms with Gasteiger partial charge in [-0.2, -0.15) is 0 Å². The first kappa shape index (κ1) is 16.5. The summed E-state index contributed by atoms with van der Waals surface area (Å²) in [5, 5.41) is 5.52. The zero-order chi connectivity index (χ0) is 16.9. The van der Waals surface area contributed by atoms with E-state index in [1.165, 1.54) is 4.52 Å². The number of ether oxygens (including phenoxy) is 3. The molecule has 3 rings (SSSR count). The van der Waals surface area contributed by atoms with Crippen molar-refractivity contribution >= 4 is 23.3 Å². The Labute approximate surface area is 138 Å². The van der Waals surface area contributed by atoms with E-state index in [-0.39, 0.29) is 36.6 Å². The van der Waals surface area contributed by atoms with E-state index < -0.39 is 5.97 Å². The van der Waals surface area contributed by atoms with Crippen molar-refractivity contribution in [2.75, 3.05) is 31.7 Å². The summed E-state index contributed by atoms with van der Waals surface area (Å²) in [6.45, 7) is 2.94. The Hall–Kier alpha value is -2.39. The molecule has 0 spiro atoms. The Morgan fingerprint density at radius 3 is 3.17 bits per heavy atom. The molecule has 24 heavy (non-hydrogen) atoms. The van der Waals surface area contributed by atoms with E-state index in [1.807, 2.05) is 0 Å². The second kappa shape index (κ2) is 7.45. The van der Waals surface area contributed by atoms with Crippen LogP contribution in [0.25, 0.3) is 5.65 Å².